The Morgan fingerprint density at radius 1 is 1.14 bits per heavy atom. The molecule has 0 aliphatic carbocycles. The lowest BCUT2D eigenvalue weighted by molar-refractivity contribution is 0.242. The van der Waals surface area contributed by atoms with Gasteiger partial charge in [-0.3, -0.25) is 0 Å². The van der Waals surface area contributed by atoms with Crippen LogP contribution >= 0.6 is 0 Å². The fraction of sp³-hybridized carbons (Fsp3) is 0.722. The van der Waals surface area contributed by atoms with Crippen LogP contribution in [0.15, 0.2) is 12.1 Å². The molecule has 0 fully saturated rings. The third-order valence-corrected chi connectivity index (χ3v) is 3.47. The molecule has 1 heterocycles. The molecule has 3 heteroatoms. The molecule has 1 unspecified atom stereocenters. The summed E-state index contributed by atoms with van der Waals surface area (Å²) in [6.07, 6.45) is 5.71. The van der Waals surface area contributed by atoms with Crippen molar-refractivity contribution in [3.63, 3.8) is 0 Å². The monoisotopic (exact) mass is 292 g/mol. The van der Waals surface area contributed by atoms with Crippen LogP contribution in [0.2, 0.25) is 0 Å². The van der Waals surface area contributed by atoms with E-state index in [0.717, 1.165) is 50.5 Å². The van der Waals surface area contributed by atoms with E-state index in [-0.39, 0.29) is 0 Å². The van der Waals surface area contributed by atoms with Gasteiger partial charge in [0.2, 0.25) is 5.88 Å². The molecule has 0 aliphatic rings. The Bertz CT molecular complexity index is 393. The van der Waals surface area contributed by atoms with Gasteiger partial charge in [0.25, 0.3) is 0 Å². The molecule has 0 aliphatic heterocycles. The predicted octanol–water partition coefficient (Wildman–Crippen LogP) is 4.35. The molecule has 0 saturated carbocycles. The highest BCUT2D eigenvalue weighted by Crippen LogP contribution is 2.16. The number of hydrogen-bond acceptors (Lipinski definition) is 3. The van der Waals surface area contributed by atoms with Crippen LogP contribution in [0.25, 0.3) is 0 Å². The Hall–Kier alpha value is -1.09. The molecule has 0 radical (unpaired) electrons. The first-order valence-corrected chi connectivity index (χ1v) is 8.52. The standard InChI is InChI=1S/C18H32N2O/c1-5-8-15(4)14-21-18-12-16(13-19-10-7-3)11-17(20-18)9-6-2/h11-12,15,19H,5-10,13-14H2,1-4H3. The normalized spacial score (nSPS) is 12.4. The Labute approximate surface area is 130 Å². The maximum atomic E-state index is 5.92. The molecular weight excluding hydrogens is 260 g/mol. The predicted molar refractivity (Wildman–Crippen MR) is 89.8 cm³/mol. The van der Waals surface area contributed by atoms with E-state index in [0.29, 0.717) is 5.92 Å². The van der Waals surface area contributed by atoms with Crippen LogP contribution < -0.4 is 10.1 Å². The van der Waals surface area contributed by atoms with Crippen molar-refractivity contribution >= 4 is 0 Å². The summed E-state index contributed by atoms with van der Waals surface area (Å²) in [4.78, 5) is 4.63. The lowest BCUT2D eigenvalue weighted by Crippen LogP contribution is -2.15. The van der Waals surface area contributed by atoms with E-state index in [1.54, 1.807) is 0 Å². The second-order valence-corrected chi connectivity index (χ2v) is 5.94. The SMILES string of the molecule is CCCNCc1cc(CCC)nc(OCC(C)CCC)c1. The van der Waals surface area contributed by atoms with Crippen LogP contribution in [0.1, 0.15) is 64.6 Å². The molecule has 1 atom stereocenters. The summed E-state index contributed by atoms with van der Waals surface area (Å²) in [5.41, 5.74) is 2.42. The van der Waals surface area contributed by atoms with Crippen molar-refractivity contribution in [1.29, 1.82) is 0 Å². The minimum atomic E-state index is 0.591. The smallest absolute Gasteiger partial charge is 0.213 e. The number of hydrogen-bond donors (Lipinski definition) is 1. The Balaban J connectivity index is 2.66. The number of pyridine rings is 1. The minimum Gasteiger partial charge on any atom is -0.477 e. The highest BCUT2D eigenvalue weighted by molar-refractivity contribution is 5.25. The van der Waals surface area contributed by atoms with Crippen molar-refractivity contribution in [1.82, 2.24) is 10.3 Å². The Kier molecular flexibility index (Phi) is 9.07. The average Bonchev–Trinajstić information content (AvgIpc) is 2.46. The quantitative estimate of drug-likeness (QED) is 0.616. The van der Waals surface area contributed by atoms with E-state index in [2.05, 4.69) is 50.1 Å². The summed E-state index contributed by atoms with van der Waals surface area (Å²) < 4.78 is 5.92. The maximum Gasteiger partial charge on any atom is 0.213 e. The van der Waals surface area contributed by atoms with Crippen molar-refractivity contribution in [3.05, 3.63) is 23.4 Å². The van der Waals surface area contributed by atoms with Crippen LogP contribution in [0.3, 0.4) is 0 Å². The molecule has 0 amide bonds. The van der Waals surface area contributed by atoms with Crippen LogP contribution in [0, 0.1) is 5.92 Å². The van der Waals surface area contributed by atoms with E-state index in [4.69, 9.17) is 4.74 Å². The molecular formula is C18H32N2O. The van der Waals surface area contributed by atoms with Crippen molar-refractivity contribution in [2.24, 2.45) is 5.92 Å². The lowest BCUT2D eigenvalue weighted by Gasteiger charge is -2.14. The molecule has 0 saturated heterocycles. The zero-order chi connectivity index (χ0) is 15.5. The van der Waals surface area contributed by atoms with Gasteiger partial charge >= 0.3 is 0 Å². The topological polar surface area (TPSA) is 34.2 Å². The van der Waals surface area contributed by atoms with Gasteiger partial charge < -0.3 is 10.1 Å². The summed E-state index contributed by atoms with van der Waals surface area (Å²) in [6.45, 7) is 11.5. The van der Waals surface area contributed by atoms with Gasteiger partial charge in [-0.25, -0.2) is 4.98 Å². The van der Waals surface area contributed by atoms with E-state index >= 15 is 0 Å². The molecule has 0 aromatic carbocycles. The second kappa shape index (κ2) is 10.6. The van der Waals surface area contributed by atoms with Gasteiger partial charge in [0.05, 0.1) is 6.61 Å². The van der Waals surface area contributed by atoms with Gasteiger partial charge in [-0.2, -0.15) is 0 Å². The molecule has 120 valence electrons. The van der Waals surface area contributed by atoms with Crippen LogP contribution in [0.5, 0.6) is 5.88 Å². The first kappa shape index (κ1) is 18.0. The molecule has 1 aromatic rings. The number of rotatable bonds is 11. The number of nitrogens with one attached hydrogen (secondary N) is 1. The highest BCUT2D eigenvalue weighted by Gasteiger charge is 2.06. The number of aromatic nitrogens is 1. The molecule has 1 aromatic heterocycles. The summed E-state index contributed by atoms with van der Waals surface area (Å²) >= 11 is 0. The minimum absolute atomic E-state index is 0.591. The van der Waals surface area contributed by atoms with Crippen molar-refractivity contribution in [3.8, 4) is 5.88 Å². The van der Waals surface area contributed by atoms with E-state index < -0.39 is 0 Å². The van der Waals surface area contributed by atoms with Gasteiger partial charge in [-0.1, -0.05) is 40.5 Å². The average molecular weight is 292 g/mol. The number of aryl methyl sites for hydroxylation is 1. The molecule has 1 N–H and O–H groups in total. The number of ether oxygens (including phenoxy) is 1. The molecule has 1 rings (SSSR count). The Morgan fingerprint density at radius 2 is 1.95 bits per heavy atom. The van der Waals surface area contributed by atoms with Crippen molar-refractivity contribution < 1.29 is 4.74 Å². The molecule has 0 bridgehead atoms. The van der Waals surface area contributed by atoms with Gasteiger partial charge in [-0.05, 0) is 43.4 Å². The largest absolute Gasteiger partial charge is 0.477 e. The van der Waals surface area contributed by atoms with Crippen molar-refractivity contribution in [2.45, 2.75) is 66.3 Å². The summed E-state index contributed by atoms with van der Waals surface area (Å²) in [6, 6.07) is 4.29. The fourth-order valence-electron chi connectivity index (χ4n) is 2.39. The summed E-state index contributed by atoms with van der Waals surface area (Å²) in [7, 11) is 0. The van der Waals surface area contributed by atoms with E-state index in [1.165, 1.54) is 18.4 Å². The van der Waals surface area contributed by atoms with E-state index in [9.17, 15) is 0 Å². The Morgan fingerprint density at radius 3 is 2.62 bits per heavy atom. The van der Waals surface area contributed by atoms with Crippen molar-refractivity contribution in [2.75, 3.05) is 13.2 Å². The third-order valence-electron chi connectivity index (χ3n) is 3.47. The van der Waals surface area contributed by atoms with Gasteiger partial charge in [0.1, 0.15) is 0 Å². The first-order valence-electron chi connectivity index (χ1n) is 8.52. The van der Waals surface area contributed by atoms with E-state index in [1.807, 2.05) is 0 Å². The molecule has 3 nitrogen and oxygen atoms in total. The number of nitrogens with zero attached hydrogens (tertiary/aromatic N) is 1. The van der Waals surface area contributed by atoms with Gasteiger partial charge in [0.15, 0.2) is 0 Å². The lowest BCUT2D eigenvalue weighted by atomic mass is 10.1. The second-order valence-electron chi connectivity index (χ2n) is 5.94. The summed E-state index contributed by atoms with van der Waals surface area (Å²) in [5, 5.41) is 3.45. The van der Waals surface area contributed by atoms with Crippen LogP contribution in [-0.2, 0) is 13.0 Å². The van der Waals surface area contributed by atoms with Crippen LogP contribution in [0.4, 0.5) is 0 Å². The van der Waals surface area contributed by atoms with Gasteiger partial charge in [0, 0.05) is 18.3 Å². The zero-order valence-corrected chi connectivity index (χ0v) is 14.2. The highest BCUT2D eigenvalue weighted by atomic mass is 16.5. The van der Waals surface area contributed by atoms with Crippen LogP contribution in [-0.4, -0.2) is 18.1 Å². The zero-order valence-electron chi connectivity index (χ0n) is 14.2. The maximum absolute atomic E-state index is 5.92. The summed E-state index contributed by atoms with van der Waals surface area (Å²) in [5.74, 6) is 1.38. The van der Waals surface area contributed by atoms with Gasteiger partial charge in [-0.15, -0.1) is 0 Å². The fourth-order valence-corrected chi connectivity index (χ4v) is 2.39. The molecule has 0 spiro atoms. The third kappa shape index (κ3) is 7.47. The molecule has 21 heavy (non-hydrogen) atoms. The first-order chi connectivity index (χ1) is 10.2.